The lowest BCUT2D eigenvalue weighted by Gasteiger charge is -1.82. The molecule has 2 rings (SSSR count). The van der Waals surface area contributed by atoms with E-state index in [4.69, 9.17) is 0 Å². The second kappa shape index (κ2) is 2.06. The number of fused-ring (bicyclic) bond motifs is 1. The summed E-state index contributed by atoms with van der Waals surface area (Å²) in [5.41, 5.74) is 2.09. The minimum Gasteiger partial charge on any atom is -0.262 e. The van der Waals surface area contributed by atoms with Crippen molar-refractivity contribution in [3.63, 3.8) is 0 Å². The van der Waals surface area contributed by atoms with Gasteiger partial charge in [-0.15, -0.1) is 0 Å². The van der Waals surface area contributed by atoms with E-state index in [1.165, 1.54) is 0 Å². The summed E-state index contributed by atoms with van der Waals surface area (Å²) in [6.45, 7) is 0. The van der Waals surface area contributed by atoms with Gasteiger partial charge in [0.2, 0.25) is 0 Å². The first-order valence-corrected chi connectivity index (χ1v) is 3.11. The van der Waals surface area contributed by atoms with Crippen molar-refractivity contribution in [2.75, 3.05) is 0 Å². The molecule has 2 heteroatoms. The molecule has 0 bridgehead atoms. The normalized spacial score (nSPS) is 10.0. The first-order chi connectivity index (χ1) is 4.97. The molecule has 0 unspecified atom stereocenters. The smallest absolute Gasteiger partial charge is 0.0885 e. The highest BCUT2D eigenvalue weighted by atomic mass is 14.7. The van der Waals surface area contributed by atoms with Crippen LogP contribution in [0.2, 0.25) is 0 Å². The van der Waals surface area contributed by atoms with Gasteiger partial charge in [0.25, 0.3) is 0 Å². The molecule has 0 aliphatic carbocycles. The van der Waals surface area contributed by atoms with E-state index in [1.54, 1.807) is 18.6 Å². The summed E-state index contributed by atoms with van der Waals surface area (Å²) in [5, 5.41) is 0. The minimum absolute atomic E-state index is 0.949. The van der Waals surface area contributed by atoms with Gasteiger partial charge < -0.3 is 0 Å². The molecule has 2 nitrogen and oxygen atoms in total. The van der Waals surface area contributed by atoms with Gasteiger partial charge in [0.05, 0.1) is 11.9 Å². The Labute approximate surface area is 58.9 Å². The van der Waals surface area contributed by atoms with Crippen molar-refractivity contribution in [1.29, 1.82) is 0 Å². The molecule has 0 spiro atoms. The molecule has 0 aromatic carbocycles. The Balaban J connectivity index is 2.74. The molecule has 0 radical (unpaired) electrons. The fraction of sp³-hybridized carbons (Fsp3) is 0. The van der Waals surface area contributed by atoms with E-state index in [1.807, 2.05) is 18.2 Å². The Morgan fingerprint density at radius 3 is 3.10 bits per heavy atom. The Bertz CT molecular complexity index is 278. The van der Waals surface area contributed by atoms with Crippen molar-refractivity contribution in [3.8, 4) is 11.3 Å². The van der Waals surface area contributed by atoms with Crippen LogP contribution in [0.1, 0.15) is 0 Å². The maximum absolute atomic E-state index is 4.10. The SMILES string of the molecule is c1cncc2nccc-2c1. The average Bonchev–Trinajstić information content (AvgIpc) is 2.28. The first-order valence-electron chi connectivity index (χ1n) is 3.11. The predicted molar refractivity (Wildman–Crippen MR) is 38.7 cm³/mol. The molecular weight excluding hydrogens is 124 g/mol. The molecule has 0 aromatic heterocycles. The molecule has 2 aliphatic heterocycles. The van der Waals surface area contributed by atoms with E-state index in [-0.39, 0.29) is 0 Å². The second-order valence-corrected chi connectivity index (χ2v) is 2.07. The van der Waals surface area contributed by atoms with E-state index >= 15 is 0 Å². The van der Waals surface area contributed by atoms with Crippen molar-refractivity contribution in [1.82, 2.24) is 9.97 Å². The van der Waals surface area contributed by atoms with E-state index in [9.17, 15) is 0 Å². The maximum Gasteiger partial charge on any atom is 0.0885 e. The molecule has 48 valence electrons. The lowest BCUT2D eigenvalue weighted by molar-refractivity contribution is 1.32. The summed E-state index contributed by atoms with van der Waals surface area (Å²) in [6.07, 6.45) is 5.30. The van der Waals surface area contributed by atoms with E-state index in [0.717, 1.165) is 11.3 Å². The van der Waals surface area contributed by atoms with Gasteiger partial charge in [-0.2, -0.15) is 0 Å². The van der Waals surface area contributed by atoms with Crippen LogP contribution in [0, 0.1) is 0 Å². The predicted octanol–water partition coefficient (Wildman–Crippen LogP) is 1.58. The lowest BCUT2D eigenvalue weighted by atomic mass is 10.2. The minimum atomic E-state index is 0.949. The summed E-state index contributed by atoms with van der Waals surface area (Å²) in [4.78, 5) is 8.08. The van der Waals surface area contributed by atoms with Gasteiger partial charge in [-0.3, -0.25) is 9.97 Å². The summed E-state index contributed by atoms with van der Waals surface area (Å²) in [7, 11) is 0. The zero-order valence-corrected chi connectivity index (χ0v) is 5.36. The van der Waals surface area contributed by atoms with Crippen LogP contribution in [-0.4, -0.2) is 9.97 Å². The van der Waals surface area contributed by atoms with E-state index < -0.39 is 0 Å². The fourth-order valence-corrected chi connectivity index (χ4v) is 0.917. The molecule has 2 aliphatic rings. The van der Waals surface area contributed by atoms with Gasteiger partial charge in [-0.1, -0.05) is 6.07 Å². The van der Waals surface area contributed by atoms with Crippen molar-refractivity contribution in [2.45, 2.75) is 0 Å². The highest BCUT2D eigenvalue weighted by molar-refractivity contribution is 5.58. The number of nitrogens with zero attached hydrogens (tertiary/aromatic N) is 2. The van der Waals surface area contributed by atoms with Crippen LogP contribution in [-0.2, 0) is 0 Å². The third-order valence-electron chi connectivity index (χ3n) is 1.41. The van der Waals surface area contributed by atoms with Crippen LogP contribution in [0.3, 0.4) is 0 Å². The largest absolute Gasteiger partial charge is 0.262 e. The van der Waals surface area contributed by atoms with Crippen LogP contribution < -0.4 is 0 Å². The van der Waals surface area contributed by atoms with Gasteiger partial charge >= 0.3 is 0 Å². The third-order valence-corrected chi connectivity index (χ3v) is 1.41. The quantitative estimate of drug-likeness (QED) is 0.541. The number of hydrogen-bond acceptors (Lipinski definition) is 2. The van der Waals surface area contributed by atoms with Crippen molar-refractivity contribution in [3.05, 3.63) is 36.8 Å². The van der Waals surface area contributed by atoms with Crippen LogP contribution >= 0.6 is 0 Å². The topological polar surface area (TPSA) is 25.8 Å². The molecule has 0 saturated carbocycles. The fourth-order valence-electron chi connectivity index (χ4n) is 0.917. The van der Waals surface area contributed by atoms with Gasteiger partial charge in [0, 0.05) is 18.0 Å². The average molecular weight is 130 g/mol. The number of rotatable bonds is 0. The van der Waals surface area contributed by atoms with Crippen molar-refractivity contribution >= 4 is 0 Å². The molecule has 0 saturated heterocycles. The highest BCUT2D eigenvalue weighted by Gasteiger charge is 1.97. The zero-order chi connectivity index (χ0) is 6.81. The van der Waals surface area contributed by atoms with Crippen molar-refractivity contribution in [2.24, 2.45) is 0 Å². The van der Waals surface area contributed by atoms with Crippen LogP contribution in [0.5, 0.6) is 0 Å². The Morgan fingerprint density at radius 1 is 1.10 bits per heavy atom. The van der Waals surface area contributed by atoms with Crippen LogP contribution in [0.25, 0.3) is 11.3 Å². The van der Waals surface area contributed by atoms with Gasteiger partial charge in [0.1, 0.15) is 0 Å². The van der Waals surface area contributed by atoms with Crippen LogP contribution in [0.4, 0.5) is 0 Å². The molecule has 10 heavy (non-hydrogen) atoms. The van der Waals surface area contributed by atoms with E-state index in [2.05, 4.69) is 9.97 Å². The number of hydrogen-bond donors (Lipinski definition) is 0. The number of aromatic nitrogens is 2. The summed E-state index contributed by atoms with van der Waals surface area (Å²) < 4.78 is 0. The molecule has 0 atom stereocenters. The van der Waals surface area contributed by atoms with Gasteiger partial charge in [-0.25, -0.2) is 0 Å². The van der Waals surface area contributed by atoms with Gasteiger partial charge in [-0.05, 0) is 12.1 Å². The molecular formula is C8H6N2. The van der Waals surface area contributed by atoms with Crippen molar-refractivity contribution < 1.29 is 0 Å². The zero-order valence-electron chi connectivity index (χ0n) is 5.36. The summed E-state index contributed by atoms with van der Waals surface area (Å²) >= 11 is 0. The van der Waals surface area contributed by atoms with Gasteiger partial charge in [0.15, 0.2) is 0 Å². The molecule has 0 N–H and O–H groups in total. The summed E-state index contributed by atoms with van der Waals surface area (Å²) in [5.74, 6) is 0. The summed E-state index contributed by atoms with van der Waals surface area (Å²) in [6, 6.07) is 5.87. The molecule has 0 fully saturated rings. The van der Waals surface area contributed by atoms with Crippen LogP contribution in [0.15, 0.2) is 36.8 Å². The Morgan fingerprint density at radius 2 is 2.10 bits per heavy atom. The Hall–Kier alpha value is -1.44. The first kappa shape index (κ1) is 5.35. The van der Waals surface area contributed by atoms with E-state index in [0.29, 0.717) is 0 Å². The molecule has 0 aromatic rings. The second-order valence-electron chi connectivity index (χ2n) is 2.07. The monoisotopic (exact) mass is 130 g/mol. The highest BCUT2D eigenvalue weighted by Crippen LogP contribution is 2.15. The molecule has 0 amide bonds. The third kappa shape index (κ3) is 0.739. The Kier molecular flexibility index (Phi) is 1.10. The molecule has 2 heterocycles. The standard InChI is InChI=1S/C8H6N2/c1-2-7-3-5-10-8(7)6-9-4-1/h1-6H. The maximum atomic E-state index is 4.10. The lowest BCUT2D eigenvalue weighted by Crippen LogP contribution is -1.67.